The van der Waals surface area contributed by atoms with Gasteiger partial charge in [-0.1, -0.05) is 29.3 Å². The van der Waals surface area contributed by atoms with Crippen LogP contribution in [0.5, 0.6) is 0 Å². The third-order valence-electron chi connectivity index (χ3n) is 3.49. The van der Waals surface area contributed by atoms with Gasteiger partial charge in [0.1, 0.15) is 4.90 Å². The molecule has 0 heterocycles. The van der Waals surface area contributed by atoms with Gasteiger partial charge in [0.15, 0.2) is 6.61 Å². The van der Waals surface area contributed by atoms with Gasteiger partial charge in [0.05, 0.1) is 22.8 Å². The van der Waals surface area contributed by atoms with E-state index >= 15 is 0 Å². The molecule has 0 unspecified atom stereocenters. The number of hydrogen-bond donors (Lipinski definition) is 1. The molecular formula is C18H16Cl2N2O5S. The van der Waals surface area contributed by atoms with Gasteiger partial charge >= 0.3 is 5.97 Å². The van der Waals surface area contributed by atoms with Gasteiger partial charge in [0.25, 0.3) is 15.9 Å². The fourth-order valence-corrected chi connectivity index (χ4v) is 4.30. The summed E-state index contributed by atoms with van der Waals surface area (Å²) in [5, 5.41) is 0.353. The third kappa shape index (κ3) is 5.03. The number of esters is 1. The first-order chi connectivity index (χ1) is 13.2. The molecule has 0 aliphatic rings. The van der Waals surface area contributed by atoms with Gasteiger partial charge in [-0.15, -0.1) is 6.58 Å². The number of anilines is 1. The molecule has 1 amide bonds. The van der Waals surface area contributed by atoms with Gasteiger partial charge in [-0.25, -0.2) is 13.2 Å². The summed E-state index contributed by atoms with van der Waals surface area (Å²) in [7, 11) is -4.16. The van der Waals surface area contributed by atoms with E-state index in [2.05, 4.69) is 6.58 Å². The van der Waals surface area contributed by atoms with Crippen molar-refractivity contribution in [2.24, 2.45) is 5.73 Å². The van der Waals surface area contributed by atoms with E-state index < -0.39 is 28.5 Å². The Balaban J connectivity index is 2.48. The molecule has 0 spiro atoms. The number of nitrogens with zero attached hydrogens (tertiary/aromatic N) is 1. The number of carbonyl (C=O) groups is 2. The van der Waals surface area contributed by atoms with E-state index in [1.54, 1.807) is 12.1 Å². The zero-order chi connectivity index (χ0) is 20.9. The largest absolute Gasteiger partial charge is 0.452 e. The maximum atomic E-state index is 13.2. The van der Waals surface area contributed by atoms with Crippen molar-refractivity contribution < 1.29 is 22.7 Å². The molecule has 0 saturated carbocycles. The number of sulfonamides is 1. The number of carbonyl (C=O) groups excluding carboxylic acids is 2. The second-order valence-electron chi connectivity index (χ2n) is 5.49. The number of hydrogen-bond acceptors (Lipinski definition) is 5. The van der Waals surface area contributed by atoms with Crippen LogP contribution in [-0.4, -0.2) is 33.4 Å². The van der Waals surface area contributed by atoms with Crippen molar-refractivity contribution in [3.8, 4) is 0 Å². The highest BCUT2D eigenvalue weighted by Crippen LogP contribution is 2.30. The van der Waals surface area contributed by atoms with Gasteiger partial charge < -0.3 is 10.5 Å². The van der Waals surface area contributed by atoms with Crippen LogP contribution in [0.15, 0.2) is 60.0 Å². The Kier molecular flexibility index (Phi) is 7.06. The van der Waals surface area contributed by atoms with Crippen LogP contribution in [0.4, 0.5) is 5.69 Å². The van der Waals surface area contributed by atoms with E-state index in [1.165, 1.54) is 30.3 Å². The van der Waals surface area contributed by atoms with Crippen molar-refractivity contribution in [3.63, 3.8) is 0 Å². The topological polar surface area (TPSA) is 107 Å². The van der Waals surface area contributed by atoms with Crippen molar-refractivity contribution in [1.29, 1.82) is 0 Å². The first kappa shape index (κ1) is 21.7. The minimum atomic E-state index is -4.16. The van der Waals surface area contributed by atoms with E-state index in [0.717, 1.165) is 10.4 Å². The minimum Gasteiger partial charge on any atom is -0.452 e. The average molecular weight is 443 g/mol. The maximum Gasteiger partial charge on any atom is 0.338 e. The maximum absolute atomic E-state index is 13.2. The van der Waals surface area contributed by atoms with Crippen molar-refractivity contribution >= 4 is 50.8 Å². The lowest BCUT2D eigenvalue weighted by Crippen LogP contribution is -2.31. The summed E-state index contributed by atoms with van der Waals surface area (Å²) in [6, 6.07) is 9.76. The summed E-state index contributed by atoms with van der Waals surface area (Å²) < 4.78 is 32.2. The normalized spacial score (nSPS) is 10.9. The molecule has 28 heavy (non-hydrogen) atoms. The Labute approximate surface area is 172 Å². The van der Waals surface area contributed by atoms with Gasteiger partial charge in [-0.3, -0.25) is 9.10 Å². The summed E-state index contributed by atoms with van der Waals surface area (Å²) in [5.74, 6) is -1.75. The number of primary amides is 1. The molecule has 0 fully saturated rings. The van der Waals surface area contributed by atoms with Crippen LogP contribution in [-0.2, 0) is 19.6 Å². The first-order valence-corrected chi connectivity index (χ1v) is 10.0. The Bertz CT molecular complexity index is 1010. The molecule has 0 radical (unpaired) electrons. The van der Waals surface area contributed by atoms with E-state index in [1.807, 2.05) is 0 Å². The molecule has 7 nitrogen and oxygen atoms in total. The van der Waals surface area contributed by atoms with Crippen LogP contribution in [0.3, 0.4) is 0 Å². The molecule has 2 aromatic rings. The molecule has 0 bridgehead atoms. The molecule has 0 aliphatic heterocycles. The molecule has 10 heteroatoms. The van der Waals surface area contributed by atoms with Crippen molar-refractivity contribution in [3.05, 3.63) is 70.7 Å². The first-order valence-electron chi connectivity index (χ1n) is 7.81. The number of rotatable bonds is 8. The summed E-state index contributed by atoms with van der Waals surface area (Å²) in [6.45, 7) is 2.90. The zero-order valence-electron chi connectivity index (χ0n) is 14.5. The smallest absolute Gasteiger partial charge is 0.338 e. The van der Waals surface area contributed by atoms with Gasteiger partial charge in [-0.05, 0) is 42.5 Å². The highest BCUT2D eigenvalue weighted by Gasteiger charge is 2.28. The second-order valence-corrected chi connectivity index (χ2v) is 8.16. The summed E-state index contributed by atoms with van der Waals surface area (Å²) >= 11 is 12.0. The summed E-state index contributed by atoms with van der Waals surface area (Å²) in [5.41, 5.74) is 5.17. The van der Waals surface area contributed by atoms with Crippen LogP contribution in [0.2, 0.25) is 10.0 Å². The van der Waals surface area contributed by atoms with Crippen molar-refractivity contribution in [2.75, 3.05) is 17.5 Å². The summed E-state index contributed by atoms with van der Waals surface area (Å²) in [6.07, 6.45) is 1.41. The molecule has 2 N–H and O–H groups in total. The number of amides is 1. The monoisotopic (exact) mass is 442 g/mol. The van der Waals surface area contributed by atoms with Crippen LogP contribution in [0.1, 0.15) is 10.4 Å². The van der Waals surface area contributed by atoms with Gasteiger partial charge in [0.2, 0.25) is 0 Å². The second kappa shape index (κ2) is 9.09. The number of nitrogens with two attached hydrogens (primary N) is 1. The predicted octanol–water partition coefficient (Wildman–Crippen LogP) is 3.02. The fraction of sp³-hybridized carbons (Fsp3) is 0.111. The molecule has 0 atom stereocenters. The SMILES string of the molecule is C=CCN(c1ccc(Cl)cc1)S(=O)(=O)c1cc(C(=O)OCC(N)=O)ccc1Cl. The van der Waals surface area contributed by atoms with Crippen molar-refractivity contribution in [2.45, 2.75) is 4.90 Å². The average Bonchev–Trinajstić information content (AvgIpc) is 2.65. The molecule has 2 rings (SSSR count). The lowest BCUT2D eigenvalue weighted by atomic mass is 10.2. The van der Waals surface area contributed by atoms with E-state index in [4.69, 9.17) is 33.7 Å². The molecule has 0 aliphatic carbocycles. The van der Waals surface area contributed by atoms with Crippen LogP contribution in [0, 0.1) is 0 Å². The van der Waals surface area contributed by atoms with Crippen molar-refractivity contribution in [1.82, 2.24) is 0 Å². The lowest BCUT2D eigenvalue weighted by molar-refractivity contribution is -0.121. The molecule has 0 saturated heterocycles. The van der Waals surface area contributed by atoms with E-state index in [-0.39, 0.29) is 22.0 Å². The van der Waals surface area contributed by atoms with Crippen LogP contribution < -0.4 is 10.0 Å². The number of halogens is 2. The minimum absolute atomic E-state index is 0.0450. The van der Waals surface area contributed by atoms with Gasteiger partial charge in [-0.2, -0.15) is 0 Å². The number of ether oxygens (including phenoxy) is 1. The quantitative estimate of drug-likeness (QED) is 0.499. The third-order valence-corrected chi connectivity index (χ3v) is 6.02. The Morgan fingerprint density at radius 3 is 2.36 bits per heavy atom. The Hall–Kier alpha value is -2.55. The molecule has 2 aromatic carbocycles. The highest BCUT2D eigenvalue weighted by atomic mass is 35.5. The van der Waals surface area contributed by atoms with Gasteiger partial charge in [0, 0.05) is 5.02 Å². The summed E-state index contributed by atoms with van der Waals surface area (Å²) in [4.78, 5) is 22.5. The Morgan fingerprint density at radius 1 is 1.14 bits per heavy atom. The molecule has 148 valence electrons. The number of benzene rings is 2. The zero-order valence-corrected chi connectivity index (χ0v) is 16.8. The van der Waals surface area contributed by atoms with Crippen LogP contribution >= 0.6 is 23.2 Å². The predicted molar refractivity (Wildman–Crippen MR) is 107 cm³/mol. The molecular weight excluding hydrogens is 427 g/mol. The van der Waals surface area contributed by atoms with Crippen LogP contribution in [0.25, 0.3) is 0 Å². The lowest BCUT2D eigenvalue weighted by Gasteiger charge is -2.24. The van der Waals surface area contributed by atoms with E-state index in [9.17, 15) is 18.0 Å². The standard InChI is InChI=1S/C18H16Cl2N2O5S/c1-2-9-22(14-6-4-13(19)5-7-14)28(25,26)16-10-12(3-8-15(16)20)18(24)27-11-17(21)23/h2-8,10H,1,9,11H2,(H2,21,23). The fourth-order valence-electron chi connectivity index (χ4n) is 2.23. The molecule has 0 aromatic heterocycles. The Morgan fingerprint density at radius 2 is 1.79 bits per heavy atom. The van der Waals surface area contributed by atoms with E-state index in [0.29, 0.717) is 10.7 Å². The highest BCUT2D eigenvalue weighted by molar-refractivity contribution is 7.93.